The molecule has 2 N–H and O–H groups in total. The van der Waals surface area contributed by atoms with Crippen LogP contribution < -0.4 is 15.0 Å². The van der Waals surface area contributed by atoms with Crippen molar-refractivity contribution in [3.8, 4) is 5.75 Å². The molecule has 0 radical (unpaired) electrons. The van der Waals surface area contributed by atoms with Gasteiger partial charge in [0.05, 0.1) is 11.3 Å². The summed E-state index contributed by atoms with van der Waals surface area (Å²) in [6.45, 7) is 4.80. The molecule has 0 spiro atoms. The van der Waals surface area contributed by atoms with Crippen LogP contribution in [0.2, 0.25) is 0 Å². The molecular weight excluding hydrogens is 372 g/mol. The Kier molecular flexibility index (Phi) is 4.83. The van der Waals surface area contributed by atoms with E-state index in [-0.39, 0.29) is 17.9 Å². The topological polar surface area (TPSA) is 122 Å². The van der Waals surface area contributed by atoms with E-state index in [1.54, 1.807) is 13.8 Å². The molecule has 1 aliphatic heterocycles. The molecule has 2 amide bonds. The van der Waals surface area contributed by atoms with Gasteiger partial charge in [-0.3, -0.25) is 19.8 Å². The smallest absolute Gasteiger partial charge is 0.335 e. The third kappa shape index (κ3) is 3.75. The SMILES string of the molecule is CCc1nnc(NC(=O)CN2C(=O)C(C)(C)Oc3cc(C(=O)O)ccc32)s1. The first kappa shape index (κ1) is 18.8. The molecule has 1 aliphatic rings. The van der Waals surface area contributed by atoms with Crippen LogP contribution in [0.15, 0.2) is 18.2 Å². The number of anilines is 2. The molecule has 2 heterocycles. The minimum atomic E-state index is -1.23. The molecule has 1 aromatic heterocycles. The van der Waals surface area contributed by atoms with E-state index in [0.29, 0.717) is 17.2 Å². The number of nitrogens with one attached hydrogen (secondary N) is 1. The van der Waals surface area contributed by atoms with Crippen LogP contribution >= 0.6 is 11.3 Å². The number of aromatic nitrogens is 2. The van der Waals surface area contributed by atoms with E-state index < -0.39 is 23.4 Å². The summed E-state index contributed by atoms with van der Waals surface area (Å²) in [6.07, 6.45) is 0.711. The maximum absolute atomic E-state index is 12.7. The molecular formula is C17H18N4O5S. The molecule has 0 saturated carbocycles. The van der Waals surface area contributed by atoms with Gasteiger partial charge >= 0.3 is 5.97 Å². The normalized spacial score (nSPS) is 15.1. The number of carbonyl (C=O) groups excluding carboxylic acids is 2. The largest absolute Gasteiger partial charge is 0.478 e. The first-order chi connectivity index (χ1) is 12.7. The molecule has 0 atom stereocenters. The Balaban J connectivity index is 1.86. The molecule has 0 saturated heterocycles. The fourth-order valence-electron chi connectivity index (χ4n) is 2.61. The van der Waals surface area contributed by atoms with Crippen molar-refractivity contribution in [2.45, 2.75) is 32.8 Å². The zero-order chi connectivity index (χ0) is 19.8. The van der Waals surface area contributed by atoms with Gasteiger partial charge in [-0.2, -0.15) is 0 Å². The maximum atomic E-state index is 12.7. The van der Waals surface area contributed by atoms with Gasteiger partial charge in [0.1, 0.15) is 17.3 Å². The number of aryl methyl sites for hydroxylation is 1. The Morgan fingerprint density at radius 2 is 2.07 bits per heavy atom. The van der Waals surface area contributed by atoms with Gasteiger partial charge in [0.2, 0.25) is 11.0 Å². The van der Waals surface area contributed by atoms with Crippen molar-refractivity contribution in [1.29, 1.82) is 0 Å². The van der Waals surface area contributed by atoms with Crippen LogP contribution in [0.3, 0.4) is 0 Å². The highest BCUT2D eigenvalue weighted by Gasteiger charge is 2.41. The van der Waals surface area contributed by atoms with E-state index in [1.807, 2.05) is 6.92 Å². The van der Waals surface area contributed by atoms with Crippen LogP contribution in [0, 0.1) is 0 Å². The van der Waals surface area contributed by atoms with Crippen molar-refractivity contribution in [2.24, 2.45) is 0 Å². The van der Waals surface area contributed by atoms with Crippen LogP contribution in [-0.4, -0.2) is 45.2 Å². The van der Waals surface area contributed by atoms with E-state index in [0.717, 1.165) is 5.01 Å². The van der Waals surface area contributed by atoms with Crippen molar-refractivity contribution in [3.63, 3.8) is 0 Å². The van der Waals surface area contributed by atoms with Crippen molar-refractivity contribution in [1.82, 2.24) is 10.2 Å². The molecule has 27 heavy (non-hydrogen) atoms. The number of benzene rings is 1. The lowest BCUT2D eigenvalue weighted by atomic mass is 10.0. The Labute approximate surface area is 159 Å². The molecule has 0 aliphatic carbocycles. The number of carbonyl (C=O) groups is 3. The number of rotatable bonds is 5. The summed E-state index contributed by atoms with van der Waals surface area (Å²) in [4.78, 5) is 37.6. The molecule has 0 fully saturated rings. The van der Waals surface area contributed by atoms with Gasteiger partial charge in [0, 0.05) is 0 Å². The number of aromatic carboxylic acids is 1. The lowest BCUT2D eigenvalue weighted by Gasteiger charge is -2.38. The number of hydrogen-bond donors (Lipinski definition) is 2. The van der Waals surface area contributed by atoms with Crippen molar-refractivity contribution in [2.75, 3.05) is 16.8 Å². The molecule has 10 heteroatoms. The fourth-order valence-corrected chi connectivity index (χ4v) is 3.31. The van der Waals surface area contributed by atoms with Gasteiger partial charge in [-0.25, -0.2) is 4.79 Å². The Morgan fingerprint density at radius 1 is 1.33 bits per heavy atom. The van der Waals surface area contributed by atoms with Gasteiger partial charge in [-0.15, -0.1) is 10.2 Å². The monoisotopic (exact) mass is 390 g/mol. The van der Waals surface area contributed by atoms with E-state index >= 15 is 0 Å². The molecule has 0 bridgehead atoms. The van der Waals surface area contributed by atoms with Gasteiger partial charge in [0.25, 0.3) is 5.91 Å². The first-order valence-corrected chi connectivity index (χ1v) is 9.03. The standard InChI is InChI=1S/C17H18N4O5S/c1-4-13-19-20-16(27-13)18-12(22)8-21-10-6-5-9(14(23)24)7-11(10)26-17(2,3)15(21)25/h5-7H,4,8H2,1-3H3,(H,23,24)(H,18,20,22). The summed E-state index contributed by atoms with van der Waals surface area (Å²) in [6, 6.07) is 4.16. The zero-order valence-electron chi connectivity index (χ0n) is 15.0. The Bertz CT molecular complexity index is 924. The lowest BCUT2D eigenvalue weighted by molar-refractivity contribution is -0.133. The molecule has 0 unspecified atom stereocenters. The van der Waals surface area contributed by atoms with E-state index in [2.05, 4.69) is 15.5 Å². The summed E-state index contributed by atoms with van der Waals surface area (Å²) >= 11 is 1.27. The molecule has 9 nitrogen and oxygen atoms in total. The number of ether oxygens (including phenoxy) is 1. The summed E-state index contributed by atoms with van der Waals surface area (Å²) in [7, 11) is 0. The zero-order valence-corrected chi connectivity index (χ0v) is 15.8. The number of amides is 2. The lowest BCUT2D eigenvalue weighted by Crippen LogP contribution is -2.54. The number of nitrogens with zero attached hydrogens (tertiary/aromatic N) is 3. The summed E-state index contributed by atoms with van der Waals surface area (Å²) in [5.74, 6) is -1.72. The first-order valence-electron chi connectivity index (χ1n) is 8.22. The number of carboxylic acid groups (broad SMARTS) is 1. The summed E-state index contributed by atoms with van der Waals surface area (Å²) < 4.78 is 5.66. The second-order valence-corrected chi connectivity index (χ2v) is 7.46. The summed E-state index contributed by atoms with van der Waals surface area (Å²) in [5, 5.41) is 20.8. The Morgan fingerprint density at radius 3 is 2.70 bits per heavy atom. The van der Waals surface area contributed by atoms with Crippen LogP contribution in [0.1, 0.15) is 36.1 Å². The summed E-state index contributed by atoms with van der Waals surface area (Å²) in [5.41, 5.74) is -0.863. The molecule has 1 aromatic carbocycles. The van der Waals surface area contributed by atoms with E-state index in [4.69, 9.17) is 9.84 Å². The van der Waals surface area contributed by atoms with E-state index in [9.17, 15) is 14.4 Å². The second kappa shape index (κ2) is 6.95. The van der Waals surface area contributed by atoms with Gasteiger partial charge in [0.15, 0.2) is 5.60 Å². The maximum Gasteiger partial charge on any atom is 0.335 e. The van der Waals surface area contributed by atoms with Gasteiger partial charge in [-0.05, 0) is 38.5 Å². The van der Waals surface area contributed by atoms with Gasteiger partial charge < -0.3 is 9.84 Å². The van der Waals surface area contributed by atoms with Crippen LogP contribution in [0.5, 0.6) is 5.75 Å². The highest BCUT2D eigenvalue weighted by molar-refractivity contribution is 7.15. The van der Waals surface area contributed by atoms with Crippen molar-refractivity contribution >= 4 is 39.9 Å². The van der Waals surface area contributed by atoms with Crippen molar-refractivity contribution in [3.05, 3.63) is 28.8 Å². The van der Waals surface area contributed by atoms with E-state index in [1.165, 1.54) is 34.4 Å². The van der Waals surface area contributed by atoms with Crippen LogP contribution in [-0.2, 0) is 16.0 Å². The number of fused-ring (bicyclic) bond motifs is 1. The molecule has 142 valence electrons. The average molecular weight is 390 g/mol. The minimum absolute atomic E-state index is 0.0317. The van der Waals surface area contributed by atoms with Gasteiger partial charge in [-0.1, -0.05) is 18.3 Å². The van der Waals surface area contributed by atoms with Crippen molar-refractivity contribution < 1.29 is 24.2 Å². The minimum Gasteiger partial charge on any atom is -0.478 e. The predicted octanol–water partition coefficient (Wildman–Crippen LogP) is 1.94. The molecule has 2 aromatic rings. The average Bonchev–Trinajstić information content (AvgIpc) is 3.05. The fraction of sp³-hybridized carbons (Fsp3) is 0.353. The highest BCUT2D eigenvalue weighted by atomic mass is 32.1. The number of carboxylic acids is 1. The third-order valence-electron chi connectivity index (χ3n) is 3.94. The highest BCUT2D eigenvalue weighted by Crippen LogP contribution is 2.38. The van der Waals surface area contributed by atoms with Crippen LogP contribution in [0.4, 0.5) is 10.8 Å². The number of hydrogen-bond acceptors (Lipinski definition) is 7. The molecule has 3 rings (SSSR count). The predicted molar refractivity (Wildman–Crippen MR) is 98.4 cm³/mol. The second-order valence-electron chi connectivity index (χ2n) is 6.39. The third-order valence-corrected chi connectivity index (χ3v) is 4.92. The van der Waals surface area contributed by atoms with Crippen LogP contribution in [0.25, 0.3) is 0 Å². The Hall–Kier alpha value is -3.01. The quantitative estimate of drug-likeness (QED) is 0.800.